The molecule has 138 valence electrons. The van der Waals surface area contributed by atoms with Gasteiger partial charge in [-0.1, -0.05) is 18.2 Å². The van der Waals surface area contributed by atoms with Crippen LogP contribution in [0.4, 0.5) is 4.79 Å². The average molecular weight is 356 g/mol. The number of aromatic nitrogens is 2. The van der Waals surface area contributed by atoms with Crippen LogP contribution in [0.5, 0.6) is 0 Å². The first-order valence-corrected chi connectivity index (χ1v) is 8.92. The van der Waals surface area contributed by atoms with Gasteiger partial charge in [-0.25, -0.2) is 9.48 Å². The van der Waals surface area contributed by atoms with Crippen molar-refractivity contribution in [3.8, 4) is 5.69 Å². The van der Waals surface area contributed by atoms with Gasteiger partial charge >= 0.3 is 6.03 Å². The molecular formula is C19H26N5O2+. The number of quaternary nitrogens is 1. The maximum atomic E-state index is 12.6. The minimum absolute atomic E-state index is 0.136. The van der Waals surface area contributed by atoms with Crippen LogP contribution < -0.4 is 10.2 Å². The fraction of sp³-hybridized carbons (Fsp3) is 0.421. The van der Waals surface area contributed by atoms with E-state index in [9.17, 15) is 9.59 Å². The Morgan fingerprint density at radius 3 is 2.62 bits per heavy atom. The van der Waals surface area contributed by atoms with Crippen LogP contribution in [0.3, 0.4) is 0 Å². The molecule has 0 radical (unpaired) electrons. The van der Waals surface area contributed by atoms with Crippen LogP contribution in [0.1, 0.15) is 23.9 Å². The van der Waals surface area contributed by atoms with Gasteiger partial charge in [0.1, 0.15) is 6.54 Å². The lowest BCUT2D eigenvalue weighted by atomic mass is 10.1. The topological polar surface area (TPSA) is 71.7 Å². The van der Waals surface area contributed by atoms with Gasteiger partial charge in [-0.05, 0) is 32.9 Å². The Hall–Kier alpha value is -2.67. The van der Waals surface area contributed by atoms with E-state index in [1.807, 2.05) is 55.9 Å². The summed E-state index contributed by atoms with van der Waals surface area (Å²) in [7, 11) is 1.98. The van der Waals surface area contributed by atoms with Gasteiger partial charge in [-0.3, -0.25) is 9.69 Å². The van der Waals surface area contributed by atoms with E-state index in [0.29, 0.717) is 19.6 Å². The Labute approximate surface area is 153 Å². The maximum Gasteiger partial charge on any atom is 0.324 e. The van der Waals surface area contributed by atoms with Crippen LogP contribution in [0.25, 0.3) is 5.69 Å². The standard InChI is InChI=1S/C19H25N5O2/c1-13-17(14(2)24(21-13)16-8-6-5-7-9-16)12-22(4)15(3)18(25)23-11-10-20-19(23)26/h5-9,15H,10-12H2,1-4H3,(H,20,26)/p+1/t15-/m0/s1. The van der Waals surface area contributed by atoms with Crippen LogP contribution in [-0.4, -0.2) is 52.8 Å². The molecule has 0 spiro atoms. The smallest absolute Gasteiger partial charge is 0.324 e. The third-order valence-electron chi connectivity index (χ3n) is 5.13. The van der Waals surface area contributed by atoms with Crippen LogP contribution in [-0.2, 0) is 11.3 Å². The lowest BCUT2D eigenvalue weighted by Crippen LogP contribution is -3.12. The van der Waals surface area contributed by atoms with Gasteiger partial charge in [0.15, 0.2) is 6.04 Å². The molecule has 3 rings (SSSR count). The number of carbonyl (C=O) groups excluding carboxylic acids is 2. The first-order chi connectivity index (χ1) is 12.4. The van der Waals surface area contributed by atoms with Crippen LogP contribution in [0, 0.1) is 13.8 Å². The Morgan fingerprint density at radius 2 is 2.00 bits per heavy atom. The molecule has 3 amide bonds. The summed E-state index contributed by atoms with van der Waals surface area (Å²) < 4.78 is 1.94. The molecule has 1 aromatic heterocycles. The summed E-state index contributed by atoms with van der Waals surface area (Å²) in [6.45, 7) is 7.56. The fourth-order valence-corrected chi connectivity index (χ4v) is 3.31. The molecule has 2 N–H and O–H groups in total. The summed E-state index contributed by atoms with van der Waals surface area (Å²) in [4.78, 5) is 26.7. The molecule has 1 fully saturated rings. The summed E-state index contributed by atoms with van der Waals surface area (Å²) in [5.41, 5.74) is 4.20. The molecule has 0 saturated carbocycles. The van der Waals surface area contributed by atoms with Gasteiger partial charge in [0.05, 0.1) is 29.7 Å². The molecule has 0 aliphatic carbocycles. The largest absolute Gasteiger partial charge is 0.336 e. The molecule has 2 aromatic rings. The van der Waals surface area contributed by atoms with Crippen molar-refractivity contribution in [1.29, 1.82) is 0 Å². The number of likely N-dealkylation sites (N-methyl/N-ethyl adjacent to an activating group) is 1. The molecule has 1 aliphatic rings. The van der Waals surface area contributed by atoms with E-state index in [-0.39, 0.29) is 18.0 Å². The molecule has 2 heterocycles. The Balaban J connectivity index is 1.77. The van der Waals surface area contributed by atoms with Gasteiger partial charge < -0.3 is 10.2 Å². The molecule has 2 atom stereocenters. The van der Waals surface area contributed by atoms with Crippen molar-refractivity contribution in [2.75, 3.05) is 20.1 Å². The number of urea groups is 1. The van der Waals surface area contributed by atoms with Crippen molar-refractivity contribution in [1.82, 2.24) is 20.0 Å². The normalized spacial score (nSPS) is 16.5. The van der Waals surface area contributed by atoms with Crippen LogP contribution >= 0.6 is 0 Å². The van der Waals surface area contributed by atoms with E-state index in [2.05, 4.69) is 17.3 Å². The molecule has 1 unspecified atom stereocenters. The SMILES string of the molecule is Cc1nn(-c2ccccc2)c(C)c1C[NH+](C)[C@@H](C)C(=O)N1CCNC1=O. The maximum absolute atomic E-state index is 12.6. The van der Waals surface area contributed by atoms with Crippen molar-refractivity contribution in [2.45, 2.75) is 33.4 Å². The number of hydrogen-bond donors (Lipinski definition) is 2. The number of carbonyl (C=O) groups is 2. The van der Waals surface area contributed by atoms with Gasteiger partial charge in [-0.2, -0.15) is 5.10 Å². The Kier molecular flexibility index (Phi) is 5.08. The first-order valence-electron chi connectivity index (χ1n) is 8.92. The first kappa shape index (κ1) is 18.1. The van der Waals surface area contributed by atoms with Crippen molar-refractivity contribution in [3.05, 3.63) is 47.3 Å². The Morgan fingerprint density at radius 1 is 1.31 bits per heavy atom. The third kappa shape index (κ3) is 3.35. The molecule has 1 aliphatic heterocycles. The number of rotatable bonds is 5. The molecule has 1 aromatic carbocycles. The van der Waals surface area contributed by atoms with E-state index >= 15 is 0 Å². The predicted molar refractivity (Wildman–Crippen MR) is 98.2 cm³/mol. The van der Waals surface area contributed by atoms with E-state index < -0.39 is 0 Å². The third-order valence-corrected chi connectivity index (χ3v) is 5.13. The van der Waals surface area contributed by atoms with E-state index in [0.717, 1.165) is 27.5 Å². The highest BCUT2D eigenvalue weighted by Gasteiger charge is 2.34. The molecule has 26 heavy (non-hydrogen) atoms. The van der Waals surface area contributed by atoms with Crippen molar-refractivity contribution < 1.29 is 14.5 Å². The monoisotopic (exact) mass is 356 g/mol. The molecule has 7 nitrogen and oxygen atoms in total. The van der Waals surface area contributed by atoms with Crippen molar-refractivity contribution >= 4 is 11.9 Å². The van der Waals surface area contributed by atoms with E-state index in [4.69, 9.17) is 0 Å². The Bertz CT molecular complexity index is 815. The number of amides is 3. The van der Waals surface area contributed by atoms with Gasteiger partial charge in [0, 0.05) is 13.1 Å². The van der Waals surface area contributed by atoms with Gasteiger partial charge in [0.2, 0.25) is 0 Å². The lowest BCUT2D eigenvalue weighted by molar-refractivity contribution is -0.908. The molecule has 1 saturated heterocycles. The average Bonchev–Trinajstić information content (AvgIpc) is 3.19. The number of para-hydroxylation sites is 1. The van der Waals surface area contributed by atoms with Gasteiger partial charge in [-0.15, -0.1) is 0 Å². The zero-order valence-electron chi connectivity index (χ0n) is 15.7. The van der Waals surface area contributed by atoms with Crippen molar-refractivity contribution in [3.63, 3.8) is 0 Å². The van der Waals surface area contributed by atoms with Crippen molar-refractivity contribution in [2.24, 2.45) is 0 Å². The summed E-state index contributed by atoms with van der Waals surface area (Å²) in [5.74, 6) is -0.136. The number of hydrogen-bond acceptors (Lipinski definition) is 3. The van der Waals surface area contributed by atoms with E-state index in [1.54, 1.807) is 0 Å². The number of aryl methyl sites for hydroxylation is 1. The quantitative estimate of drug-likeness (QED) is 0.817. The predicted octanol–water partition coefficient (Wildman–Crippen LogP) is 0.444. The summed E-state index contributed by atoms with van der Waals surface area (Å²) in [5, 5.41) is 7.35. The highest BCUT2D eigenvalue weighted by Crippen LogP contribution is 2.17. The highest BCUT2D eigenvalue weighted by atomic mass is 16.2. The zero-order valence-corrected chi connectivity index (χ0v) is 15.7. The minimum Gasteiger partial charge on any atom is -0.336 e. The zero-order chi connectivity index (χ0) is 18.8. The number of nitrogens with zero attached hydrogens (tertiary/aromatic N) is 3. The minimum atomic E-state index is -0.308. The molecule has 0 bridgehead atoms. The number of benzene rings is 1. The summed E-state index contributed by atoms with van der Waals surface area (Å²) in [6, 6.07) is 9.41. The highest BCUT2D eigenvalue weighted by molar-refractivity contribution is 5.97. The second kappa shape index (κ2) is 7.29. The van der Waals surface area contributed by atoms with Crippen LogP contribution in [0.2, 0.25) is 0 Å². The molecular weight excluding hydrogens is 330 g/mol. The van der Waals surface area contributed by atoms with Gasteiger partial charge in [0.25, 0.3) is 5.91 Å². The summed E-state index contributed by atoms with van der Waals surface area (Å²) in [6.07, 6.45) is 0. The second-order valence-electron chi connectivity index (χ2n) is 6.86. The summed E-state index contributed by atoms with van der Waals surface area (Å²) >= 11 is 0. The fourth-order valence-electron chi connectivity index (χ4n) is 3.31. The van der Waals surface area contributed by atoms with E-state index in [1.165, 1.54) is 4.90 Å². The number of nitrogens with one attached hydrogen (secondary N) is 2. The lowest BCUT2D eigenvalue weighted by Gasteiger charge is -2.24. The van der Waals surface area contributed by atoms with Crippen LogP contribution in [0.15, 0.2) is 30.3 Å². The molecule has 7 heteroatoms. The number of imide groups is 1. The second-order valence-corrected chi connectivity index (χ2v) is 6.86.